The van der Waals surface area contributed by atoms with E-state index in [0.717, 1.165) is 6.26 Å². The molecule has 1 N–H and O–H groups in total. The number of benzene rings is 1. The summed E-state index contributed by atoms with van der Waals surface area (Å²) in [5.74, 6) is 0.583. The third kappa shape index (κ3) is 3.27. The zero-order valence-electron chi connectivity index (χ0n) is 12.4. The standard InChI is InChI=1S/C14H12N4O5S/c1-24(21,22)16-14-9-12(13-6-3-7-23-13)15-17(14)10-4-2-5-11(8-10)18(19)20/h2-9,16H,1H3. The summed E-state index contributed by atoms with van der Waals surface area (Å²) in [4.78, 5) is 10.4. The van der Waals surface area contributed by atoms with Crippen LogP contribution in [0.5, 0.6) is 0 Å². The van der Waals surface area contributed by atoms with Gasteiger partial charge in [-0.2, -0.15) is 5.10 Å². The number of anilines is 1. The van der Waals surface area contributed by atoms with E-state index in [-0.39, 0.29) is 11.5 Å². The number of non-ortho nitro benzene ring substituents is 1. The molecule has 3 rings (SSSR count). The third-order valence-electron chi connectivity index (χ3n) is 3.06. The maximum absolute atomic E-state index is 11.6. The molecule has 24 heavy (non-hydrogen) atoms. The molecule has 9 nitrogen and oxygen atoms in total. The van der Waals surface area contributed by atoms with E-state index in [0.29, 0.717) is 17.1 Å². The van der Waals surface area contributed by atoms with Crippen LogP contribution >= 0.6 is 0 Å². The van der Waals surface area contributed by atoms with Crippen molar-refractivity contribution in [1.29, 1.82) is 0 Å². The van der Waals surface area contributed by atoms with Crippen LogP contribution in [0, 0.1) is 10.1 Å². The van der Waals surface area contributed by atoms with Crippen molar-refractivity contribution in [2.45, 2.75) is 0 Å². The van der Waals surface area contributed by atoms with E-state index in [1.54, 1.807) is 18.2 Å². The van der Waals surface area contributed by atoms with Gasteiger partial charge in [0.2, 0.25) is 10.0 Å². The predicted octanol–water partition coefficient (Wildman–Crippen LogP) is 2.41. The lowest BCUT2D eigenvalue weighted by atomic mass is 10.3. The number of aromatic nitrogens is 2. The monoisotopic (exact) mass is 348 g/mol. The Morgan fingerprint density at radius 3 is 2.67 bits per heavy atom. The smallest absolute Gasteiger partial charge is 0.271 e. The summed E-state index contributed by atoms with van der Waals surface area (Å²) in [6.07, 6.45) is 2.47. The Hall–Kier alpha value is -3.14. The maximum atomic E-state index is 11.6. The number of nitro groups is 1. The van der Waals surface area contributed by atoms with Crippen LogP contribution in [0.4, 0.5) is 11.5 Å². The van der Waals surface area contributed by atoms with Crippen LogP contribution in [0.3, 0.4) is 0 Å². The minimum absolute atomic E-state index is 0.132. The lowest BCUT2D eigenvalue weighted by Gasteiger charge is -2.07. The quantitative estimate of drug-likeness (QED) is 0.558. The van der Waals surface area contributed by atoms with Crippen molar-refractivity contribution >= 4 is 21.5 Å². The van der Waals surface area contributed by atoms with Crippen molar-refractivity contribution in [2.24, 2.45) is 0 Å². The van der Waals surface area contributed by atoms with Crippen molar-refractivity contribution in [3.63, 3.8) is 0 Å². The van der Waals surface area contributed by atoms with Crippen molar-refractivity contribution in [3.8, 4) is 17.1 Å². The van der Waals surface area contributed by atoms with E-state index in [1.807, 2.05) is 0 Å². The van der Waals surface area contributed by atoms with Crippen LogP contribution in [0.25, 0.3) is 17.1 Å². The minimum Gasteiger partial charge on any atom is -0.463 e. The summed E-state index contributed by atoms with van der Waals surface area (Å²) in [7, 11) is -3.56. The summed E-state index contributed by atoms with van der Waals surface area (Å²) in [6.45, 7) is 0. The van der Waals surface area contributed by atoms with E-state index in [2.05, 4.69) is 9.82 Å². The fraction of sp³-hybridized carbons (Fsp3) is 0.0714. The molecule has 0 aliphatic rings. The number of nitro benzene ring substituents is 1. The number of nitrogens with zero attached hydrogens (tertiary/aromatic N) is 3. The molecule has 0 spiro atoms. The first-order chi connectivity index (χ1) is 11.3. The fourth-order valence-corrected chi connectivity index (χ4v) is 2.65. The molecule has 124 valence electrons. The maximum Gasteiger partial charge on any atom is 0.271 e. The van der Waals surface area contributed by atoms with Gasteiger partial charge in [0.1, 0.15) is 11.5 Å². The molecular weight excluding hydrogens is 336 g/mol. The highest BCUT2D eigenvalue weighted by molar-refractivity contribution is 7.92. The van der Waals surface area contributed by atoms with Gasteiger partial charge in [0.25, 0.3) is 5.69 Å². The molecular formula is C14H12N4O5S. The topological polar surface area (TPSA) is 120 Å². The molecule has 1 aromatic carbocycles. The average molecular weight is 348 g/mol. The molecule has 2 aromatic heterocycles. The first-order valence-corrected chi connectivity index (χ1v) is 8.59. The molecule has 0 saturated carbocycles. The molecule has 0 aliphatic heterocycles. The van der Waals surface area contributed by atoms with Gasteiger partial charge in [0, 0.05) is 18.2 Å². The Bertz CT molecular complexity index is 992. The van der Waals surface area contributed by atoms with Crippen molar-refractivity contribution < 1.29 is 17.8 Å². The van der Waals surface area contributed by atoms with Gasteiger partial charge in [0.15, 0.2) is 5.76 Å². The highest BCUT2D eigenvalue weighted by atomic mass is 32.2. The zero-order chi connectivity index (χ0) is 17.3. The molecule has 0 unspecified atom stereocenters. The van der Waals surface area contributed by atoms with Crippen LogP contribution in [-0.2, 0) is 10.0 Å². The van der Waals surface area contributed by atoms with Gasteiger partial charge in [-0.25, -0.2) is 13.1 Å². The van der Waals surface area contributed by atoms with E-state index in [9.17, 15) is 18.5 Å². The van der Waals surface area contributed by atoms with E-state index in [1.165, 1.54) is 35.2 Å². The second-order valence-electron chi connectivity index (χ2n) is 4.96. The first-order valence-electron chi connectivity index (χ1n) is 6.70. The van der Waals surface area contributed by atoms with E-state index in [4.69, 9.17) is 4.42 Å². The summed E-state index contributed by atoms with van der Waals surface area (Å²) in [5, 5.41) is 15.2. The number of hydrogen-bond acceptors (Lipinski definition) is 6. The number of furan rings is 1. The zero-order valence-corrected chi connectivity index (χ0v) is 13.2. The van der Waals surface area contributed by atoms with Crippen LogP contribution in [0.2, 0.25) is 0 Å². The first kappa shape index (κ1) is 15.7. The van der Waals surface area contributed by atoms with Gasteiger partial charge in [0.05, 0.1) is 23.1 Å². The van der Waals surface area contributed by atoms with Gasteiger partial charge in [-0.05, 0) is 18.2 Å². The second-order valence-corrected chi connectivity index (χ2v) is 6.70. The molecule has 0 amide bonds. The second kappa shape index (κ2) is 5.81. The Balaban J connectivity index is 2.14. The lowest BCUT2D eigenvalue weighted by Crippen LogP contribution is -2.13. The molecule has 0 aliphatic carbocycles. The van der Waals surface area contributed by atoms with Crippen molar-refractivity contribution in [2.75, 3.05) is 11.0 Å². The van der Waals surface area contributed by atoms with Crippen LogP contribution in [-0.4, -0.2) is 29.4 Å². The van der Waals surface area contributed by atoms with Crippen molar-refractivity contribution in [3.05, 3.63) is 58.8 Å². The molecule has 10 heteroatoms. The summed E-state index contributed by atoms with van der Waals surface area (Å²) in [6, 6.07) is 10.5. The summed E-state index contributed by atoms with van der Waals surface area (Å²) < 4.78 is 32.0. The van der Waals surface area contributed by atoms with Gasteiger partial charge in [-0.1, -0.05) is 6.07 Å². The minimum atomic E-state index is -3.56. The van der Waals surface area contributed by atoms with Gasteiger partial charge in [-0.15, -0.1) is 0 Å². The fourth-order valence-electron chi connectivity index (χ4n) is 2.12. The Labute approximate surface area is 136 Å². The molecule has 0 radical (unpaired) electrons. The highest BCUT2D eigenvalue weighted by Gasteiger charge is 2.17. The number of sulfonamides is 1. The summed E-state index contributed by atoms with van der Waals surface area (Å²) in [5.41, 5.74) is 0.596. The predicted molar refractivity (Wildman–Crippen MR) is 86.4 cm³/mol. The van der Waals surface area contributed by atoms with Gasteiger partial charge >= 0.3 is 0 Å². The number of hydrogen-bond donors (Lipinski definition) is 1. The van der Waals surface area contributed by atoms with Crippen molar-refractivity contribution in [1.82, 2.24) is 9.78 Å². The van der Waals surface area contributed by atoms with Crippen LogP contribution < -0.4 is 4.72 Å². The number of rotatable bonds is 5. The molecule has 0 atom stereocenters. The molecule has 3 aromatic rings. The van der Waals surface area contributed by atoms with E-state index >= 15 is 0 Å². The largest absolute Gasteiger partial charge is 0.463 e. The van der Waals surface area contributed by atoms with Gasteiger partial charge < -0.3 is 4.42 Å². The Morgan fingerprint density at radius 2 is 2.04 bits per heavy atom. The lowest BCUT2D eigenvalue weighted by molar-refractivity contribution is -0.384. The SMILES string of the molecule is CS(=O)(=O)Nc1cc(-c2ccco2)nn1-c1cccc([N+](=O)[O-])c1. The highest BCUT2D eigenvalue weighted by Crippen LogP contribution is 2.27. The van der Waals surface area contributed by atoms with Crippen LogP contribution in [0.15, 0.2) is 53.1 Å². The number of nitrogens with one attached hydrogen (secondary N) is 1. The molecule has 2 heterocycles. The summed E-state index contributed by atoms with van der Waals surface area (Å²) >= 11 is 0. The average Bonchev–Trinajstić information content (AvgIpc) is 3.15. The van der Waals surface area contributed by atoms with Crippen LogP contribution in [0.1, 0.15) is 0 Å². The molecule has 0 fully saturated rings. The Morgan fingerprint density at radius 1 is 1.25 bits per heavy atom. The Kier molecular flexibility index (Phi) is 3.81. The normalized spacial score (nSPS) is 11.4. The van der Waals surface area contributed by atoms with Gasteiger partial charge in [-0.3, -0.25) is 14.8 Å². The van der Waals surface area contributed by atoms with E-state index < -0.39 is 14.9 Å². The molecule has 0 saturated heterocycles. The third-order valence-corrected chi connectivity index (χ3v) is 3.64. The molecule has 0 bridgehead atoms.